The Balaban J connectivity index is 1.74. The van der Waals surface area contributed by atoms with E-state index in [4.69, 9.17) is 0 Å². The van der Waals surface area contributed by atoms with E-state index in [1.54, 1.807) is 48.2 Å². The topological polar surface area (TPSA) is 34.1 Å². The normalized spacial score (nSPS) is 10.3. The molecule has 0 N–H and O–H groups in total. The fraction of sp³-hybridized carbons (Fsp3) is 0. The van der Waals surface area contributed by atoms with Crippen LogP contribution in [0.5, 0.6) is 0 Å². The SMILES string of the molecule is O=C(C(=O)c1ccc(Sc2ccccc2)cc1)c1ccccc1. The molecule has 0 saturated carbocycles. The predicted molar refractivity (Wildman–Crippen MR) is 92.1 cm³/mol. The second-order valence-corrected chi connectivity index (χ2v) is 6.11. The standard InChI is InChI=1S/C20H14O2S/c21-19(15-7-3-1-4-8-15)20(22)16-11-13-18(14-12-16)23-17-9-5-2-6-10-17/h1-14H. The van der Waals surface area contributed by atoms with E-state index < -0.39 is 11.6 Å². The molecule has 2 nitrogen and oxygen atoms in total. The molecule has 3 heteroatoms. The van der Waals surface area contributed by atoms with Crippen LogP contribution in [0.15, 0.2) is 94.7 Å². The summed E-state index contributed by atoms with van der Waals surface area (Å²) in [6.07, 6.45) is 0. The highest BCUT2D eigenvalue weighted by molar-refractivity contribution is 7.99. The quantitative estimate of drug-likeness (QED) is 0.495. The molecule has 0 bridgehead atoms. The summed E-state index contributed by atoms with van der Waals surface area (Å²) < 4.78 is 0. The van der Waals surface area contributed by atoms with Gasteiger partial charge in [-0.15, -0.1) is 0 Å². The Morgan fingerprint density at radius 3 is 1.52 bits per heavy atom. The van der Waals surface area contributed by atoms with Crippen LogP contribution in [0.25, 0.3) is 0 Å². The molecule has 0 heterocycles. The molecule has 0 fully saturated rings. The Bertz CT molecular complexity index is 809. The number of rotatable bonds is 5. The highest BCUT2D eigenvalue weighted by Gasteiger charge is 2.17. The number of hydrogen-bond acceptors (Lipinski definition) is 3. The fourth-order valence-electron chi connectivity index (χ4n) is 2.15. The molecule has 0 atom stereocenters. The third-order valence-corrected chi connectivity index (χ3v) is 4.35. The summed E-state index contributed by atoms with van der Waals surface area (Å²) in [5, 5.41) is 0. The molecular weight excluding hydrogens is 304 g/mol. The monoisotopic (exact) mass is 318 g/mol. The lowest BCUT2D eigenvalue weighted by Gasteiger charge is -2.04. The lowest BCUT2D eigenvalue weighted by Crippen LogP contribution is -2.14. The van der Waals surface area contributed by atoms with Crippen molar-refractivity contribution in [1.29, 1.82) is 0 Å². The van der Waals surface area contributed by atoms with Crippen molar-refractivity contribution in [2.45, 2.75) is 9.79 Å². The zero-order valence-electron chi connectivity index (χ0n) is 12.3. The number of carbonyl (C=O) groups is 2. The second-order valence-electron chi connectivity index (χ2n) is 4.96. The van der Waals surface area contributed by atoms with E-state index in [0.717, 1.165) is 9.79 Å². The van der Waals surface area contributed by atoms with Crippen molar-refractivity contribution in [2.24, 2.45) is 0 Å². The van der Waals surface area contributed by atoms with E-state index in [1.807, 2.05) is 48.5 Å². The molecule has 0 saturated heterocycles. The summed E-state index contributed by atoms with van der Waals surface area (Å²) in [6.45, 7) is 0. The van der Waals surface area contributed by atoms with Gasteiger partial charge in [0.05, 0.1) is 0 Å². The van der Waals surface area contributed by atoms with E-state index >= 15 is 0 Å². The molecule has 0 aliphatic heterocycles. The van der Waals surface area contributed by atoms with Gasteiger partial charge in [-0.05, 0) is 36.4 Å². The molecule has 3 rings (SSSR count). The van der Waals surface area contributed by atoms with E-state index in [2.05, 4.69) is 0 Å². The molecule has 3 aromatic rings. The first-order chi connectivity index (χ1) is 11.2. The van der Waals surface area contributed by atoms with Crippen molar-refractivity contribution in [3.05, 3.63) is 96.1 Å². The zero-order chi connectivity index (χ0) is 16.1. The smallest absolute Gasteiger partial charge is 0.233 e. The second kappa shape index (κ2) is 7.07. The van der Waals surface area contributed by atoms with Crippen LogP contribution >= 0.6 is 11.8 Å². The first-order valence-electron chi connectivity index (χ1n) is 7.21. The molecular formula is C20H14O2S. The summed E-state index contributed by atoms with van der Waals surface area (Å²) in [5.41, 5.74) is 0.830. The summed E-state index contributed by atoms with van der Waals surface area (Å²) in [4.78, 5) is 26.6. The molecule has 112 valence electrons. The molecule has 0 aliphatic rings. The lowest BCUT2D eigenvalue weighted by molar-refractivity contribution is 0.0817. The van der Waals surface area contributed by atoms with Gasteiger partial charge in [-0.1, -0.05) is 60.3 Å². The molecule has 0 radical (unpaired) electrons. The van der Waals surface area contributed by atoms with Crippen molar-refractivity contribution in [1.82, 2.24) is 0 Å². The maximum absolute atomic E-state index is 12.3. The van der Waals surface area contributed by atoms with Crippen LogP contribution in [0, 0.1) is 0 Å². The average Bonchev–Trinajstić information content (AvgIpc) is 2.63. The summed E-state index contributed by atoms with van der Waals surface area (Å²) in [6, 6.07) is 25.8. The van der Waals surface area contributed by atoms with Crippen molar-refractivity contribution >= 4 is 23.3 Å². The van der Waals surface area contributed by atoms with Gasteiger partial charge < -0.3 is 0 Å². The maximum atomic E-state index is 12.3. The molecule has 0 aliphatic carbocycles. The number of ketones is 2. The third-order valence-electron chi connectivity index (χ3n) is 3.34. The van der Waals surface area contributed by atoms with Gasteiger partial charge in [0.2, 0.25) is 11.6 Å². The number of hydrogen-bond donors (Lipinski definition) is 0. The number of carbonyl (C=O) groups excluding carboxylic acids is 2. The van der Waals surface area contributed by atoms with Gasteiger partial charge in [-0.3, -0.25) is 9.59 Å². The third kappa shape index (κ3) is 3.76. The van der Waals surface area contributed by atoms with E-state index in [1.165, 1.54) is 0 Å². The first-order valence-corrected chi connectivity index (χ1v) is 8.03. The number of benzene rings is 3. The van der Waals surface area contributed by atoms with Crippen LogP contribution in [0.1, 0.15) is 20.7 Å². The highest BCUT2D eigenvalue weighted by atomic mass is 32.2. The van der Waals surface area contributed by atoms with E-state index in [-0.39, 0.29) is 0 Å². The first kappa shape index (κ1) is 15.3. The van der Waals surface area contributed by atoms with Crippen LogP contribution in [0.2, 0.25) is 0 Å². The highest BCUT2D eigenvalue weighted by Crippen LogP contribution is 2.27. The van der Waals surface area contributed by atoms with Crippen molar-refractivity contribution in [2.75, 3.05) is 0 Å². The van der Waals surface area contributed by atoms with Crippen LogP contribution in [0.3, 0.4) is 0 Å². The van der Waals surface area contributed by atoms with Crippen LogP contribution in [-0.2, 0) is 0 Å². The van der Waals surface area contributed by atoms with E-state index in [0.29, 0.717) is 11.1 Å². The molecule has 0 amide bonds. The largest absolute Gasteiger partial charge is 0.285 e. The van der Waals surface area contributed by atoms with Crippen molar-refractivity contribution < 1.29 is 9.59 Å². The molecule has 23 heavy (non-hydrogen) atoms. The Labute approximate surface area is 139 Å². The van der Waals surface area contributed by atoms with Gasteiger partial charge in [-0.2, -0.15) is 0 Å². The Morgan fingerprint density at radius 2 is 0.957 bits per heavy atom. The van der Waals surface area contributed by atoms with Crippen molar-refractivity contribution in [3.63, 3.8) is 0 Å². The predicted octanol–water partition coefficient (Wildman–Crippen LogP) is 4.90. The van der Waals surface area contributed by atoms with Gasteiger partial charge in [0.15, 0.2) is 0 Å². The fourth-order valence-corrected chi connectivity index (χ4v) is 2.99. The van der Waals surface area contributed by atoms with Gasteiger partial charge in [-0.25, -0.2) is 0 Å². The van der Waals surface area contributed by atoms with Gasteiger partial charge >= 0.3 is 0 Å². The Morgan fingerprint density at radius 1 is 0.522 bits per heavy atom. The van der Waals surface area contributed by atoms with Gasteiger partial charge in [0.1, 0.15) is 0 Å². The minimum absolute atomic E-state index is 0.413. The minimum Gasteiger partial charge on any atom is -0.285 e. The van der Waals surface area contributed by atoms with Gasteiger partial charge in [0, 0.05) is 20.9 Å². The molecule has 0 unspecified atom stereocenters. The van der Waals surface area contributed by atoms with Gasteiger partial charge in [0.25, 0.3) is 0 Å². The maximum Gasteiger partial charge on any atom is 0.233 e. The van der Waals surface area contributed by atoms with Crippen LogP contribution in [0.4, 0.5) is 0 Å². The minimum atomic E-state index is -0.479. The summed E-state index contributed by atoms with van der Waals surface area (Å²) in [7, 11) is 0. The molecule has 0 spiro atoms. The molecule has 0 aromatic heterocycles. The lowest BCUT2D eigenvalue weighted by atomic mass is 10.0. The molecule has 3 aromatic carbocycles. The van der Waals surface area contributed by atoms with Crippen LogP contribution < -0.4 is 0 Å². The average molecular weight is 318 g/mol. The summed E-state index contributed by atoms with van der Waals surface area (Å²) >= 11 is 1.62. The Kier molecular flexibility index (Phi) is 4.69. The Hall–Kier alpha value is -2.65. The van der Waals surface area contributed by atoms with E-state index in [9.17, 15) is 9.59 Å². The van der Waals surface area contributed by atoms with Crippen molar-refractivity contribution in [3.8, 4) is 0 Å². The number of Topliss-reactive ketones (excluding diaryl/α,β-unsaturated/α-hetero) is 2. The zero-order valence-corrected chi connectivity index (χ0v) is 13.1. The summed E-state index contributed by atoms with van der Waals surface area (Å²) in [5.74, 6) is -0.957. The van der Waals surface area contributed by atoms with Crippen LogP contribution in [-0.4, -0.2) is 11.6 Å².